The molecule has 1 heterocycles. The molecule has 110 valence electrons. The molecule has 1 N–H and O–H groups in total. The van der Waals surface area contributed by atoms with Gasteiger partial charge in [-0.1, -0.05) is 0 Å². The average molecular weight is 283 g/mol. The molecule has 8 nitrogen and oxygen atoms in total. The Kier molecular flexibility index (Phi) is 6.38. The van der Waals surface area contributed by atoms with Crippen LogP contribution in [0.15, 0.2) is 12.1 Å². The van der Waals surface area contributed by atoms with Crippen molar-refractivity contribution in [2.75, 3.05) is 32.2 Å². The number of esters is 1. The second-order valence-corrected chi connectivity index (χ2v) is 3.79. The summed E-state index contributed by atoms with van der Waals surface area (Å²) in [5, 5.41) is 13.7. The van der Waals surface area contributed by atoms with E-state index in [2.05, 4.69) is 15.0 Å². The molecule has 0 aromatic carbocycles. The van der Waals surface area contributed by atoms with E-state index >= 15 is 0 Å². The molecular formula is C12H17N3O5. The van der Waals surface area contributed by atoms with E-state index < -0.39 is 10.9 Å². The molecule has 0 radical (unpaired) electrons. The summed E-state index contributed by atoms with van der Waals surface area (Å²) in [6.45, 7) is 3.52. The van der Waals surface area contributed by atoms with Crippen molar-refractivity contribution in [2.24, 2.45) is 0 Å². The zero-order valence-corrected chi connectivity index (χ0v) is 11.4. The van der Waals surface area contributed by atoms with Crippen molar-refractivity contribution in [3.8, 4) is 0 Å². The number of nitrogens with one attached hydrogen (secondary N) is 1. The fourth-order valence-corrected chi connectivity index (χ4v) is 1.47. The number of aromatic nitrogens is 1. The lowest BCUT2D eigenvalue weighted by Crippen LogP contribution is -2.12. The minimum absolute atomic E-state index is 0.0189. The van der Waals surface area contributed by atoms with Crippen molar-refractivity contribution < 1.29 is 19.2 Å². The summed E-state index contributed by atoms with van der Waals surface area (Å²) < 4.78 is 9.69. The molecule has 0 atom stereocenters. The predicted molar refractivity (Wildman–Crippen MR) is 71.8 cm³/mol. The van der Waals surface area contributed by atoms with Crippen molar-refractivity contribution in [1.29, 1.82) is 0 Å². The summed E-state index contributed by atoms with van der Waals surface area (Å²) in [6.07, 6.45) is 0.676. The number of pyridine rings is 1. The van der Waals surface area contributed by atoms with Crippen molar-refractivity contribution in [2.45, 2.75) is 13.3 Å². The number of carbonyl (C=O) groups excluding carboxylic acids is 1. The zero-order valence-electron chi connectivity index (χ0n) is 11.4. The molecule has 0 aliphatic carbocycles. The highest BCUT2D eigenvalue weighted by Gasteiger charge is 2.18. The topological polar surface area (TPSA) is 104 Å². The number of hydrogen-bond donors (Lipinski definition) is 1. The van der Waals surface area contributed by atoms with Gasteiger partial charge in [0.05, 0.1) is 12.0 Å². The van der Waals surface area contributed by atoms with E-state index in [0.29, 0.717) is 26.2 Å². The first-order valence-corrected chi connectivity index (χ1v) is 6.15. The Morgan fingerprint density at radius 2 is 2.25 bits per heavy atom. The Hall–Kier alpha value is -2.22. The average Bonchev–Trinajstić information content (AvgIpc) is 2.45. The number of nitro groups is 1. The summed E-state index contributed by atoms with van der Waals surface area (Å²) in [5.74, 6) is -0.591. The van der Waals surface area contributed by atoms with E-state index in [-0.39, 0.29) is 17.2 Å². The summed E-state index contributed by atoms with van der Waals surface area (Å²) in [4.78, 5) is 25.6. The van der Waals surface area contributed by atoms with Crippen LogP contribution >= 0.6 is 0 Å². The lowest BCUT2D eigenvalue weighted by molar-refractivity contribution is -0.384. The molecule has 0 fully saturated rings. The summed E-state index contributed by atoms with van der Waals surface area (Å²) >= 11 is 0. The Morgan fingerprint density at radius 3 is 2.85 bits per heavy atom. The van der Waals surface area contributed by atoms with E-state index in [1.807, 2.05) is 6.92 Å². The number of ether oxygens (including phenoxy) is 2. The van der Waals surface area contributed by atoms with Crippen molar-refractivity contribution in [3.63, 3.8) is 0 Å². The normalized spacial score (nSPS) is 10.1. The Labute approximate surface area is 116 Å². The molecule has 1 rings (SSSR count). The van der Waals surface area contributed by atoms with Crippen LogP contribution in [0.4, 0.5) is 11.5 Å². The summed E-state index contributed by atoms with van der Waals surface area (Å²) in [7, 11) is 1.22. The summed E-state index contributed by atoms with van der Waals surface area (Å²) in [5.41, 5.74) is -0.167. The lowest BCUT2D eigenvalue weighted by Gasteiger charge is -2.07. The van der Waals surface area contributed by atoms with Gasteiger partial charge in [-0.2, -0.15) is 0 Å². The standard InChI is InChI=1S/C12H17N3O5/c1-3-20-8-4-7-13-11-10(15(17)18)6-5-9(14-11)12(16)19-2/h5-6H,3-4,7-8H2,1-2H3,(H,13,14). The predicted octanol–water partition coefficient (Wildman–Crippen LogP) is 1.61. The van der Waals surface area contributed by atoms with E-state index in [1.165, 1.54) is 19.2 Å². The molecule has 0 amide bonds. The number of carbonyl (C=O) groups is 1. The number of hydrogen-bond acceptors (Lipinski definition) is 7. The Bertz CT molecular complexity index is 478. The van der Waals surface area contributed by atoms with Gasteiger partial charge in [0.25, 0.3) is 0 Å². The molecule has 0 aliphatic rings. The SMILES string of the molecule is CCOCCCNc1nc(C(=O)OC)ccc1[N+](=O)[O-]. The van der Waals surface area contributed by atoms with Crippen LogP contribution in [0.1, 0.15) is 23.8 Å². The molecule has 0 aliphatic heterocycles. The third-order valence-corrected chi connectivity index (χ3v) is 2.43. The molecule has 20 heavy (non-hydrogen) atoms. The van der Waals surface area contributed by atoms with E-state index in [4.69, 9.17) is 4.74 Å². The second-order valence-electron chi connectivity index (χ2n) is 3.79. The van der Waals surface area contributed by atoms with Crippen LogP contribution < -0.4 is 5.32 Å². The van der Waals surface area contributed by atoms with Gasteiger partial charge in [-0.3, -0.25) is 10.1 Å². The first kappa shape index (κ1) is 15.8. The number of methoxy groups -OCH3 is 1. The van der Waals surface area contributed by atoms with E-state index in [0.717, 1.165) is 0 Å². The molecule has 8 heteroatoms. The molecular weight excluding hydrogens is 266 g/mol. The van der Waals surface area contributed by atoms with Crippen LogP contribution in [0.5, 0.6) is 0 Å². The van der Waals surface area contributed by atoms with Crippen molar-refractivity contribution in [1.82, 2.24) is 4.98 Å². The quantitative estimate of drug-likeness (QED) is 0.334. The number of nitrogens with zero attached hydrogens (tertiary/aromatic N) is 2. The maximum absolute atomic E-state index is 11.4. The van der Waals surface area contributed by atoms with Crippen LogP contribution in [0.3, 0.4) is 0 Å². The van der Waals surface area contributed by atoms with Crippen LogP contribution in [-0.4, -0.2) is 42.7 Å². The van der Waals surface area contributed by atoms with Crippen molar-refractivity contribution in [3.05, 3.63) is 27.9 Å². The maximum Gasteiger partial charge on any atom is 0.356 e. The van der Waals surface area contributed by atoms with Gasteiger partial charge in [0, 0.05) is 25.8 Å². The van der Waals surface area contributed by atoms with E-state index in [1.54, 1.807) is 0 Å². The van der Waals surface area contributed by atoms with Gasteiger partial charge in [0.2, 0.25) is 5.82 Å². The Balaban J connectivity index is 2.78. The molecule has 0 unspecified atom stereocenters. The van der Waals surface area contributed by atoms with Gasteiger partial charge in [0.15, 0.2) is 5.69 Å². The number of anilines is 1. The van der Waals surface area contributed by atoms with Crippen LogP contribution in [-0.2, 0) is 9.47 Å². The molecule has 1 aromatic heterocycles. The lowest BCUT2D eigenvalue weighted by atomic mass is 10.3. The summed E-state index contributed by atoms with van der Waals surface area (Å²) in [6, 6.07) is 2.49. The molecule has 0 bridgehead atoms. The molecule has 0 saturated heterocycles. The van der Waals surface area contributed by atoms with Gasteiger partial charge in [-0.05, 0) is 19.4 Å². The number of rotatable bonds is 8. The van der Waals surface area contributed by atoms with E-state index in [9.17, 15) is 14.9 Å². The zero-order chi connectivity index (χ0) is 15.0. The Morgan fingerprint density at radius 1 is 1.50 bits per heavy atom. The smallest absolute Gasteiger partial charge is 0.356 e. The minimum Gasteiger partial charge on any atom is -0.464 e. The minimum atomic E-state index is -0.641. The third-order valence-electron chi connectivity index (χ3n) is 2.43. The van der Waals surface area contributed by atoms with Crippen LogP contribution in [0, 0.1) is 10.1 Å². The molecule has 0 spiro atoms. The fourth-order valence-electron chi connectivity index (χ4n) is 1.47. The largest absolute Gasteiger partial charge is 0.464 e. The first-order valence-electron chi connectivity index (χ1n) is 6.15. The van der Waals surface area contributed by atoms with Crippen LogP contribution in [0.25, 0.3) is 0 Å². The second kappa shape index (κ2) is 8.05. The fraction of sp³-hybridized carbons (Fsp3) is 0.500. The van der Waals surface area contributed by atoms with Crippen molar-refractivity contribution >= 4 is 17.5 Å². The van der Waals surface area contributed by atoms with Crippen LogP contribution in [0.2, 0.25) is 0 Å². The third kappa shape index (κ3) is 4.47. The van der Waals surface area contributed by atoms with Gasteiger partial charge < -0.3 is 14.8 Å². The van der Waals surface area contributed by atoms with Gasteiger partial charge in [-0.25, -0.2) is 9.78 Å². The molecule has 1 aromatic rings. The first-order chi connectivity index (χ1) is 9.60. The van der Waals surface area contributed by atoms with Gasteiger partial charge in [-0.15, -0.1) is 0 Å². The monoisotopic (exact) mass is 283 g/mol. The van der Waals surface area contributed by atoms with Gasteiger partial charge in [0.1, 0.15) is 0 Å². The highest BCUT2D eigenvalue weighted by molar-refractivity contribution is 5.88. The highest BCUT2D eigenvalue weighted by Crippen LogP contribution is 2.22. The van der Waals surface area contributed by atoms with Gasteiger partial charge >= 0.3 is 11.7 Å². The molecule has 0 saturated carbocycles. The highest BCUT2D eigenvalue weighted by atomic mass is 16.6. The maximum atomic E-state index is 11.4.